The van der Waals surface area contributed by atoms with Gasteiger partial charge in [-0.15, -0.1) is 0 Å². The third-order valence-electron chi connectivity index (χ3n) is 3.51. The topological polar surface area (TPSA) is 90.0 Å². The van der Waals surface area contributed by atoms with E-state index in [1.54, 1.807) is 25.6 Å². The second kappa shape index (κ2) is 5.83. The number of aryl methyl sites for hydroxylation is 2. The van der Waals surface area contributed by atoms with Gasteiger partial charge >= 0.3 is 0 Å². The first kappa shape index (κ1) is 17.1. The van der Waals surface area contributed by atoms with Crippen LogP contribution < -0.4 is 10.5 Å². The smallest absolute Gasteiger partial charge is 0.244 e. The molecular formula is C13H26N4O2S. The Morgan fingerprint density at radius 1 is 1.35 bits per heavy atom. The SMILES string of the molecule is Cc1nn(C)c(C)c1S(=O)(=O)NC(CCN)C(C)(C)C. The molecule has 0 bridgehead atoms. The maximum atomic E-state index is 12.6. The second-order valence-electron chi connectivity index (χ2n) is 6.24. The number of sulfonamides is 1. The van der Waals surface area contributed by atoms with Gasteiger partial charge in [-0.1, -0.05) is 20.8 Å². The molecule has 0 aromatic carbocycles. The maximum absolute atomic E-state index is 12.6. The largest absolute Gasteiger partial charge is 0.330 e. The zero-order valence-electron chi connectivity index (χ0n) is 13.2. The lowest BCUT2D eigenvalue weighted by atomic mass is 9.85. The number of nitrogens with two attached hydrogens (primary N) is 1. The molecule has 0 aliphatic rings. The van der Waals surface area contributed by atoms with Crippen molar-refractivity contribution in [2.24, 2.45) is 18.2 Å². The van der Waals surface area contributed by atoms with Gasteiger partial charge in [0.25, 0.3) is 0 Å². The molecule has 0 spiro atoms. The molecule has 0 radical (unpaired) electrons. The Labute approximate surface area is 121 Å². The molecule has 3 N–H and O–H groups in total. The van der Waals surface area contributed by atoms with Crippen molar-refractivity contribution >= 4 is 10.0 Å². The number of nitrogens with one attached hydrogen (secondary N) is 1. The van der Waals surface area contributed by atoms with E-state index < -0.39 is 10.0 Å². The fourth-order valence-electron chi connectivity index (χ4n) is 2.22. The summed E-state index contributed by atoms with van der Waals surface area (Å²) in [6, 6.07) is -0.212. The summed E-state index contributed by atoms with van der Waals surface area (Å²) in [5.74, 6) is 0. The van der Waals surface area contributed by atoms with E-state index in [0.717, 1.165) is 0 Å². The van der Waals surface area contributed by atoms with Crippen LogP contribution in [0.4, 0.5) is 0 Å². The second-order valence-corrected chi connectivity index (χ2v) is 7.89. The minimum atomic E-state index is -3.59. The van der Waals surface area contributed by atoms with Crippen molar-refractivity contribution < 1.29 is 8.42 Å². The van der Waals surface area contributed by atoms with E-state index in [4.69, 9.17) is 5.73 Å². The van der Waals surface area contributed by atoms with Crippen LogP contribution in [0.2, 0.25) is 0 Å². The summed E-state index contributed by atoms with van der Waals surface area (Å²) in [6.45, 7) is 9.89. The minimum Gasteiger partial charge on any atom is -0.330 e. The monoisotopic (exact) mass is 302 g/mol. The number of nitrogens with zero attached hydrogens (tertiary/aromatic N) is 2. The molecule has 1 aromatic heterocycles. The average molecular weight is 302 g/mol. The summed E-state index contributed by atoms with van der Waals surface area (Å²) in [4.78, 5) is 0.270. The first-order valence-electron chi connectivity index (χ1n) is 6.73. The molecule has 7 heteroatoms. The van der Waals surface area contributed by atoms with E-state index in [0.29, 0.717) is 24.4 Å². The first-order chi connectivity index (χ1) is 9.00. The molecule has 0 aliphatic carbocycles. The Morgan fingerprint density at radius 3 is 2.25 bits per heavy atom. The molecule has 0 saturated heterocycles. The molecule has 1 aromatic rings. The Morgan fingerprint density at radius 2 is 1.90 bits per heavy atom. The maximum Gasteiger partial charge on any atom is 0.244 e. The van der Waals surface area contributed by atoms with Crippen molar-refractivity contribution in [3.63, 3.8) is 0 Å². The number of hydrogen-bond donors (Lipinski definition) is 2. The summed E-state index contributed by atoms with van der Waals surface area (Å²) >= 11 is 0. The van der Waals surface area contributed by atoms with Crippen LogP contribution in [0.5, 0.6) is 0 Å². The fourth-order valence-corrected chi connectivity index (χ4v) is 4.14. The van der Waals surface area contributed by atoms with Gasteiger partial charge in [0.15, 0.2) is 0 Å². The molecule has 0 saturated carbocycles. The molecule has 1 rings (SSSR count). The van der Waals surface area contributed by atoms with Crippen LogP contribution in [0.3, 0.4) is 0 Å². The molecule has 6 nitrogen and oxygen atoms in total. The highest BCUT2D eigenvalue weighted by Gasteiger charge is 2.31. The molecule has 0 aliphatic heterocycles. The lowest BCUT2D eigenvalue weighted by molar-refractivity contribution is 0.287. The van der Waals surface area contributed by atoms with Crippen LogP contribution in [-0.4, -0.2) is 30.8 Å². The number of hydrogen-bond acceptors (Lipinski definition) is 4. The van der Waals surface area contributed by atoms with E-state index in [1.165, 1.54) is 0 Å². The minimum absolute atomic E-state index is 0.198. The van der Waals surface area contributed by atoms with Crippen molar-refractivity contribution in [2.75, 3.05) is 6.54 Å². The molecule has 20 heavy (non-hydrogen) atoms. The number of rotatable bonds is 5. The van der Waals surface area contributed by atoms with Gasteiger partial charge in [0.05, 0.1) is 11.4 Å². The first-order valence-corrected chi connectivity index (χ1v) is 8.21. The zero-order valence-corrected chi connectivity index (χ0v) is 14.0. The average Bonchev–Trinajstić information content (AvgIpc) is 2.51. The Balaban J connectivity index is 3.17. The van der Waals surface area contributed by atoms with Gasteiger partial charge in [-0.2, -0.15) is 5.10 Å². The molecule has 116 valence electrons. The molecule has 0 amide bonds. The van der Waals surface area contributed by atoms with Crippen molar-refractivity contribution in [2.45, 2.75) is 52.0 Å². The van der Waals surface area contributed by atoms with Gasteiger partial charge in [0, 0.05) is 13.1 Å². The molecule has 1 atom stereocenters. The molecule has 1 heterocycles. The lowest BCUT2D eigenvalue weighted by Gasteiger charge is -2.31. The van der Waals surface area contributed by atoms with Crippen molar-refractivity contribution in [1.82, 2.24) is 14.5 Å². The van der Waals surface area contributed by atoms with E-state index in [-0.39, 0.29) is 16.4 Å². The highest BCUT2D eigenvalue weighted by molar-refractivity contribution is 7.89. The summed E-state index contributed by atoms with van der Waals surface area (Å²) in [6.07, 6.45) is 0.598. The standard InChI is InChI=1S/C13H26N4O2S/c1-9-12(10(2)17(6)15-9)20(18,19)16-11(7-8-14)13(3,4)5/h11,16H,7-8,14H2,1-6H3. The number of aromatic nitrogens is 2. The zero-order chi connectivity index (χ0) is 15.7. The van der Waals surface area contributed by atoms with Crippen LogP contribution in [0.15, 0.2) is 4.90 Å². The van der Waals surface area contributed by atoms with Crippen molar-refractivity contribution in [1.29, 1.82) is 0 Å². The van der Waals surface area contributed by atoms with Gasteiger partial charge in [-0.25, -0.2) is 13.1 Å². The summed E-state index contributed by atoms with van der Waals surface area (Å²) in [7, 11) is -1.86. The quantitative estimate of drug-likeness (QED) is 0.851. The Hall–Kier alpha value is -0.920. The van der Waals surface area contributed by atoms with Gasteiger partial charge in [0.1, 0.15) is 4.90 Å². The van der Waals surface area contributed by atoms with Gasteiger partial charge in [0.2, 0.25) is 10.0 Å². The molecule has 0 fully saturated rings. The highest BCUT2D eigenvalue weighted by Crippen LogP contribution is 2.25. The van der Waals surface area contributed by atoms with E-state index in [2.05, 4.69) is 9.82 Å². The van der Waals surface area contributed by atoms with Gasteiger partial charge < -0.3 is 5.73 Å². The van der Waals surface area contributed by atoms with E-state index in [9.17, 15) is 8.42 Å². The lowest BCUT2D eigenvalue weighted by Crippen LogP contribution is -2.45. The van der Waals surface area contributed by atoms with E-state index in [1.807, 2.05) is 20.8 Å². The van der Waals surface area contributed by atoms with Gasteiger partial charge in [-0.3, -0.25) is 4.68 Å². The van der Waals surface area contributed by atoms with Crippen molar-refractivity contribution in [3.8, 4) is 0 Å². The van der Waals surface area contributed by atoms with Crippen LogP contribution in [0, 0.1) is 19.3 Å². The summed E-state index contributed by atoms with van der Waals surface area (Å²) in [5.41, 5.74) is 6.54. The molecule has 1 unspecified atom stereocenters. The van der Waals surface area contributed by atoms with Crippen molar-refractivity contribution in [3.05, 3.63) is 11.4 Å². The van der Waals surface area contributed by atoms with Crippen LogP contribution >= 0.6 is 0 Å². The predicted octanol–water partition coefficient (Wildman–Crippen LogP) is 1.08. The third kappa shape index (κ3) is 3.59. The summed E-state index contributed by atoms with van der Waals surface area (Å²) in [5, 5.41) is 4.17. The highest BCUT2D eigenvalue weighted by atomic mass is 32.2. The fraction of sp³-hybridized carbons (Fsp3) is 0.769. The molecular weight excluding hydrogens is 276 g/mol. The van der Waals surface area contributed by atoms with Gasteiger partial charge in [-0.05, 0) is 32.2 Å². The van der Waals surface area contributed by atoms with Crippen LogP contribution in [0.25, 0.3) is 0 Å². The Kier molecular flexibility index (Phi) is 4.99. The normalized spacial score (nSPS) is 14.6. The third-order valence-corrected chi connectivity index (χ3v) is 5.23. The Bertz CT molecular complexity index is 570. The van der Waals surface area contributed by atoms with Crippen LogP contribution in [0.1, 0.15) is 38.6 Å². The van der Waals surface area contributed by atoms with Crippen LogP contribution in [-0.2, 0) is 17.1 Å². The summed E-state index contributed by atoms with van der Waals surface area (Å²) < 4.78 is 29.6. The van der Waals surface area contributed by atoms with E-state index >= 15 is 0 Å². The predicted molar refractivity (Wildman–Crippen MR) is 79.9 cm³/mol.